The number of benzene rings is 4. The topological polar surface area (TPSA) is 91.5 Å². The fourth-order valence-corrected chi connectivity index (χ4v) is 10.4. The molecule has 8 bridgehead atoms. The van der Waals surface area contributed by atoms with Crippen molar-refractivity contribution < 1.29 is 9.59 Å². The van der Waals surface area contributed by atoms with Crippen LogP contribution in [0.25, 0.3) is 79.8 Å². The maximum absolute atomic E-state index is 15.4. The Balaban J connectivity index is 1.56. The van der Waals surface area contributed by atoms with Gasteiger partial charge in [0.15, 0.2) is 0 Å². The Labute approximate surface area is 459 Å². The van der Waals surface area contributed by atoms with Gasteiger partial charge >= 0.3 is 0 Å². The van der Waals surface area contributed by atoms with Crippen LogP contribution in [0.3, 0.4) is 0 Å². The minimum Gasteiger partial charge on any atom is -0.354 e. The highest BCUT2D eigenvalue weighted by atomic mass is 127. The Morgan fingerprint density at radius 3 is 0.893 bits per heavy atom. The number of fused-ring (bicyclic) bond motifs is 8. The quantitative estimate of drug-likeness (QED) is 0.136. The Morgan fingerprint density at radius 2 is 0.600 bits per heavy atom. The highest BCUT2D eigenvalue weighted by molar-refractivity contribution is 14.1. The average molecular weight is 1110 g/mol. The number of hydrogen-bond donors (Lipinski definition) is 2. The maximum atomic E-state index is 15.4. The van der Waals surface area contributed by atoms with Gasteiger partial charge in [0.2, 0.25) is 0 Å². The van der Waals surface area contributed by atoms with Gasteiger partial charge in [0.05, 0.1) is 22.8 Å². The maximum Gasteiger partial charge on any atom is 0.251 e. The van der Waals surface area contributed by atoms with Crippen molar-refractivity contribution in [3.63, 3.8) is 0 Å². The molecule has 0 saturated heterocycles. The lowest BCUT2D eigenvalue weighted by atomic mass is 9.78. The molecule has 3 aliphatic rings. The van der Waals surface area contributed by atoms with E-state index < -0.39 is 11.6 Å². The second kappa shape index (κ2) is 18.5. The molecule has 0 aliphatic carbocycles. The first-order chi connectivity index (χ1) is 34.7. The van der Waals surface area contributed by atoms with Crippen molar-refractivity contribution in [2.75, 3.05) is 0 Å². The van der Waals surface area contributed by atoms with Crippen LogP contribution in [0.2, 0.25) is 0 Å². The number of rotatable bonds is 4. The van der Waals surface area contributed by atoms with E-state index in [9.17, 15) is 0 Å². The lowest BCUT2D eigenvalue weighted by Gasteiger charge is -2.26. The summed E-state index contributed by atoms with van der Waals surface area (Å²) in [5.41, 5.74) is 17.1. The van der Waals surface area contributed by atoms with Crippen molar-refractivity contribution in [1.82, 2.24) is 19.9 Å². The first-order valence-electron chi connectivity index (χ1n) is 26.5. The largest absolute Gasteiger partial charge is 0.354 e. The number of nitrogens with zero attached hydrogens (tertiary/aromatic N) is 2. The monoisotopic (exact) mass is 1110 g/mol. The minimum atomic E-state index is -0.615. The van der Waals surface area contributed by atoms with E-state index in [0.717, 1.165) is 81.6 Å². The normalized spacial score (nSPS) is 14.0. The number of Topliss-reactive ketones (excluding diaryl/α,β-unsaturated/α-hetero) is 2. The molecule has 6 nitrogen and oxygen atoms in total. The Bertz CT molecular complexity index is 3530. The summed E-state index contributed by atoms with van der Waals surface area (Å²) in [5, 5.41) is 0. The van der Waals surface area contributed by atoms with Crippen molar-refractivity contribution in [3.05, 3.63) is 162 Å². The molecule has 0 amide bonds. The van der Waals surface area contributed by atoms with Crippen LogP contribution >= 0.6 is 22.6 Å². The first kappa shape index (κ1) is 53.6. The number of halogens is 1. The summed E-state index contributed by atoms with van der Waals surface area (Å²) in [7, 11) is 0. The molecule has 7 heteroatoms. The third-order valence-electron chi connectivity index (χ3n) is 14.9. The van der Waals surface area contributed by atoms with Crippen LogP contribution in [-0.2, 0) is 32.5 Å². The van der Waals surface area contributed by atoms with Gasteiger partial charge in [-0.1, -0.05) is 191 Å². The molecule has 0 atom stereocenters. The van der Waals surface area contributed by atoms with Crippen LogP contribution in [-0.4, -0.2) is 31.5 Å². The summed E-state index contributed by atoms with van der Waals surface area (Å²) in [5.74, 6) is -1.23. The molecule has 3 aliphatic heterocycles. The Kier molecular flexibility index (Phi) is 13.2. The summed E-state index contributed by atoms with van der Waals surface area (Å²) in [6.07, 6.45) is 8.15. The number of nitrogens with one attached hydrogen (secondary N) is 2. The molecule has 0 fully saturated rings. The van der Waals surface area contributed by atoms with Crippen molar-refractivity contribution in [2.24, 2.45) is 0 Å². The standard InChI is InChI=1S/C68H75IN4O2/c1-63(2,3)42-29-39(30-43(35-42)64(4,5)6)56-51-24-23-49(70-51)55(38-19-21-48(69)22-20-38)50-25-27-53(71-50)57(40-31-44(65(7,8)9)36-45(32-40)66(10,11)12)59-61(74)62(75)60(73-59)58(54-28-26-52(56)72-54)41-33-46(67(13,14)15)37-47(34-41)68(16,17)18/h19-37,70,73H,1-18H3. The number of carbonyl (C=O) groups excluding carboxylic acids is 2. The molecule has 4 aromatic carbocycles. The molecule has 2 aromatic heterocycles. The molecule has 2 N–H and O–H groups in total. The fourth-order valence-electron chi connectivity index (χ4n) is 10.0. The summed E-state index contributed by atoms with van der Waals surface area (Å²) < 4.78 is 1.12. The van der Waals surface area contributed by atoms with Crippen LogP contribution in [0.15, 0.2) is 91.0 Å². The molecule has 0 radical (unpaired) electrons. The molecule has 0 unspecified atom stereocenters. The number of H-pyrrole nitrogens is 2. The third-order valence-corrected chi connectivity index (χ3v) is 15.7. The lowest BCUT2D eigenvalue weighted by Crippen LogP contribution is -2.17. The van der Waals surface area contributed by atoms with Gasteiger partial charge in [0.1, 0.15) is 11.4 Å². The second-order valence-electron chi connectivity index (χ2n) is 27.2. The van der Waals surface area contributed by atoms with E-state index in [1.165, 1.54) is 11.1 Å². The number of aromatic nitrogens is 4. The van der Waals surface area contributed by atoms with Crippen LogP contribution in [0, 0.1) is 3.57 Å². The van der Waals surface area contributed by atoms with Gasteiger partial charge in [-0.2, -0.15) is 0 Å². The van der Waals surface area contributed by atoms with E-state index in [4.69, 9.17) is 9.97 Å². The van der Waals surface area contributed by atoms with Crippen LogP contribution in [0.4, 0.5) is 0 Å². The van der Waals surface area contributed by atoms with E-state index in [2.05, 4.69) is 254 Å². The molecule has 75 heavy (non-hydrogen) atoms. The average Bonchev–Trinajstić information content (AvgIpc) is 4.13. The van der Waals surface area contributed by atoms with Crippen LogP contribution < -0.4 is 0 Å². The number of ketones is 2. The minimum absolute atomic E-state index is 0.152. The summed E-state index contributed by atoms with van der Waals surface area (Å²) in [4.78, 5) is 49.5. The van der Waals surface area contributed by atoms with Crippen LogP contribution in [0.1, 0.15) is 202 Å². The zero-order chi connectivity index (χ0) is 54.7. The second-order valence-corrected chi connectivity index (χ2v) is 28.4. The van der Waals surface area contributed by atoms with E-state index in [1.54, 1.807) is 0 Å². The molecule has 0 spiro atoms. The molecule has 6 aromatic rings. The van der Waals surface area contributed by atoms with E-state index in [-0.39, 0.29) is 43.9 Å². The Morgan fingerprint density at radius 1 is 0.333 bits per heavy atom. The Hall–Kier alpha value is -6.19. The van der Waals surface area contributed by atoms with Gasteiger partial charge in [-0.25, -0.2) is 9.97 Å². The molecular weight excluding hydrogens is 1030 g/mol. The summed E-state index contributed by atoms with van der Waals surface area (Å²) in [6.45, 7) is 40.1. The predicted octanol–water partition coefficient (Wildman–Crippen LogP) is 18.5. The summed E-state index contributed by atoms with van der Waals surface area (Å²) in [6, 6.07) is 33.1. The fraction of sp³-hybridized carbons (Fsp3) is 0.353. The van der Waals surface area contributed by atoms with Gasteiger partial charge in [0.25, 0.3) is 11.6 Å². The molecule has 386 valence electrons. The van der Waals surface area contributed by atoms with Crippen molar-refractivity contribution in [2.45, 2.75) is 157 Å². The van der Waals surface area contributed by atoms with E-state index in [1.807, 2.05) is 18.2 Å². The zero-order valence-corrected chi connectivity index (χ0v) is 49.7. The van der Waals surface area contributed by atoms with Gasteiger partial charge in [0, 0.05) is 36.9 Å². The highest BCUT2D eigenvalue weighted by Crippen LogP contribution is 2.44. The smallest absolute Gasteiger partial charge is 0.251 e. The predicted molar refractivity (Wildman–Crippen MR) is 325 cm³/mol. The SMILES string of the molecule is CC(C)(C)c1cc(-c2c3nc(c(-c4ccc(I)cc4)c4ccc([nH]4)c(-c4cc(C(C)(C)C)cc(C(C)(C)C)c4)c4nc(c(-c5cc(C(C)(C)C)cc(C(C)(C)C)c5)c5[nH]c2C(=O)C5=O)C=C4)C=C3)cc(C(C)(C)C)c1. The number of carbonyl (C=O) groups is 2. The molecule has 5 heterocycles. The lowest BCUT2D eigenvalue weighted by molar-refractivity contribution is 0.0826. The van der Waals surface area contributed by atoms with Gasteiger partial charge < -0.3 is 9.97 Å². The van der Waals surface area contributed by atoms with Crippen molar-refractivity contribution >= 4 is 69.5 Å². The zero-order valence-electron chi connectivity index (χ0n) is 47.6. The number of aromatic amines is 2. The molecule has 9 rings (SSSR count). The van der Waals surface area contributed by atoms with Gasteiger partial charge in [-0.15, -0.1) is 0 Å². The van der Waals surface area contributed by atoms with E-state index in [0.29, 0.717) is 22.5 Å². The highest BCUT2D eigenvalue weighted by Gasteiger charge is 2.36. The van der Waals surface area contributed by atoms with Crippen LogP contribution in [0.5, 0.6) is 0 Å². The van der Waals surface area contributed by atoms with Gasteiger partial charge in [-0.3, -0.25) is 9.59 Å². The number of hydrogen-bond acceptors (Lipinski definition) is 4. The molecule has 0 saturated carbocycles. The first-order valence-corrected chi connectivity index (χ1v) is 27.6. The van der Waals surface area contributed by atoms with Crippen molar-refractivity contribution in [3.8, 4) is 44.5 Å². The van der Waals surface area contributed by atoms with Gasteiger partial charge in [-0.05, 0) is 159 Å². The molecular formula is C68H75IN4O2. The third kappa shape index (κ3) is 10.6. The van der Waals surface area contributed by atoms with E-state index >= 15 is 9.59 Å². The summed E-state index contributed by atoms with van der Waals surface area (Å²) >= 11 is 2.35. The van der Waals surface area contributed by atoms with Crippen molar-refractivity contribution in [1.29, 1.82) is 0 Å².